The quantitative estimate of drug-likeness (QED) is 0.577. The second-order valence-electron chi connectivity index (χ2n) is 5.34. The van der Waals surface area contributed by atoms with Crippen LogP contribution in [0.5, 0.6) is 5.75 Å². The average Bonchev–Trinajstić information content (AvgIpc) is 2.81. The largest absolute Gasteiger partial charge is 0.494 e. The molecule has 23 heavy (non-hydrogen) atoms. The minimum atomic E-state index is -0.881. The lowest BCUT2D eigenvalue weighted by atomic mass is 10.3. The summed E-state index contributed by atoms with van der Waals surface area (Å²) in [5.74, 6) is -0.275. The highest BCUT2D eigenvalue weighted by Crippen LogP contribution is 2.20. The zero-order valence-electron chi connectivity index (χ0n) is 12.7. The van der Waals surface area contributed by atoms with Crippen molar-refractivity contribution in [3.63, 3.8) is 0 Å². The van der Waals surface area contributed by atoms with Gasteiger partial charge in [-0.1, -0.05) is 0 Å². The van der Waals surface area contributed by atoms with Crippen molar-refractivity contribution < 1.29 is 13.5 Å². The van der Waals surface area contributed by atoms with Crippen LogP contribution in [0.4, 0.5) is 14.5 Å². The van der Waals surface area contributed by atoms with Gasteiger partial charge >= 0.3 is 0 Å². The lowest BCUT2D eigenvalue weighted by Crippen LogP contribution is -2.06. The molecular weight excluding hydrogens is 300 g/mol. The van der Waals surface area contributed by atoms with Gasteiger partial charge in [-0.15, -0.1) is 0 Å². The third-order valence-corrected chi connectivity index (χ3v) is 3.66. The number of nitrogen functional groups attached to an aromatic ring is 1. The second kappa shape index (κ2) is 6.24. The van der Waals surface area contributed by atoms with Gasteiger partial charge in [0.15, 0.2) is 11.6 Å². The topological polar surface area (TPSA) is 53.1 Å². The van der Waals surface area contributed by atoms with E-state index in [1.165, 1.54) is 6.07 Å². The Bertz CT molecular complexity index is 828. The summed E-state index contributed by atoms with van der Waals surface area (Å²) in [7, 11) is 0. The highest BCUT2D eigenvalue weighted by Gasteiger charge is 2.11. The zero-order chi connectivity index (χ0) is 16.4. The van der Waals surface area contributed by atoms with Crippen molar-refractivity contribution in [2.45, 2.75) is 19.9 Å². The van der Waals surface area contributed by atoms with Crippen LogP contribution in [0.15, 0.2) is 36.4 Å². The van der Waals surface area contributed by atoms with E-state index in [1.54, 1.807) is 12.1 Å². The third-order valence-electron chi connectivity index (χ3n) is 3.66. The summed E-state index contributed by atoms with van der Waals surface area (Å²) < 4.78 is 34.2. The van der Waals surface area contributed by atoms with Crippen LogP contribution in [0.25, 0.3) is 11.0 Å². The first-order valence-corrected chi connectivity index (χ1v) is 7.35. The number of halogens is 2. The number of hydrogen-bond acceptors (Lipinski definition) is 3. The third kappa shape index (κ3) is 3.26. The minimum absolute atomic E-state index is 0.459. The summed E-state index contributed by atoms with van der Waals surface area (Å²) in [6.45, 7) is 2.94. The summed E-state index contributed by atoms with van der Waals surface area (Å²) in [6, 6.07) is 9.49. The second-order valence-corrected chi connectivity index (χ2v) is 5.34. The smallest absolute Gasteiger partial charge is 0.161 e. The maximum atomic E-state index is 13.4. The zero-order valence-corrected chi connectivity index (χ0v) is 12.7. The molecule has 0 amide bonds. The molecule has 0 aliphatic rings. The van der Waals surface area contributed by atoms with Gasteiger partial charge in [0, 0.05) is 24.4 Å². The van der Waals surface area contributed by atoms with Crippen molar-refractivity contribution in [2.75, 3.05) is 12.3 Å². The number of hydrogen-bond donors (Lipinski definition) is 1. The lowest BCUT2D eigenvalue weighted by Gasteiger charge is -2.09. The molecule has 0 fully saturated rings. The van der Waals surface area contributed by atoms with Crippen LogP contribution in [0.3, 0.4) is 0 Å². The monoisotopic (exact) mass is 317 g/mol. The Labute approximate surface area is 132 Å². The van der Waals surface area contributed by atoms with E-state index in [0.29, 0.717) is 29.9 Å². The Morgan fingerprint density at radius 3 is 2.57 bits per heavy atom. The van der Waals surface area contributed by atoms with Gasteiger partial charge < -0.3 is 15.0 Å². The molecule has 3 aromatic rings. The number of nitrogens with two attached hydrogens (primary N) is 1. The number of anilines is 1. The molecule has 0 saturated carbocycles. The Balaban J connectivity index is 1.66. The molecule has 0 unspecified atom stereocenters. The number of nitrogens with zero attached hydrogens (tertiary/aromatic N) is 2. The van der Waals surface area contributed by atoms with Crippen LogP contribution in [0, 0.1) is 18.6 Å². The average molecular weight is 317 g/mol. The Kier molecular flexibility index (Phi) is 4.14. The van der Waals surface area contributed by atoms with E-state index in [-0.39, 0.29) is 0 Å². The molecule has 4 nitrogen and oxygen atoms in total. The van der Waals surface area contributed by atoms with Crippen molar-refractivity contribution in [1.82, 2.24) is 9.55 Å². The number of imidazole rings is 1. The predicted molar refractivity (Wildman–Crippen MR) is 85.4 cm³/mol. The van der Waals surface area contributed by atoms with Crippen LogP contribution in [0.1, 0.15) is 12.2 Å². The highest BCUT2D eigenvalue weighted by atomic mass is 19.2. The fourth-order valence-electron chi connectivity index (χ4n) is 2.50. The number of aromatic nitrogens is 2. The molecule has 120 valence electrons. The summed E-state index contributed by atoms with van der Waals surface area (Å²) in [5.41, 5.74) is 7.35. The molecule has 0 aliphatic carbocycles. The number of aryl methyl sites for hydroxylation is 2. The van der Waals surface area contributed by atoms with Crippen LogP contribution in [-0.2, 0) is 6.54 Å². The molecule has 0 saturated heterocycles. The van der Waals surface area contributed by atoms with Gasteiger partial charge in [-0.2, -0.15) is 0 Å². The maximum Gasteiger partial charge on any atom is 0.161 e. The fourth-order valence-corrected chi connectivity index (χ4v) is 2.50. The van der Waals surface area contributed by atoms with E-state index in [4.69, 9.17) is 10.5 Å². The Hall–Kier alpha value is -2.63. The van der Waals surface area contributed by atoms with Crippen molar-refractivity contribution in [1.29, 1.82) is 0 Å². The SMILES string of the molecule is Cc1nc2cc(F)c(F)cc2n1CCCOc1ccc(N)cc1. The summed E-state index contributed by atoms with van der Waals surface area (Å²) in [4.78, 5) is 4.26. The number of ether oxygens (including phenoxy) is 1. The number of benzene rings is 2. The van der Waals surface area contributed by atoms with Crippen LogP contribution >= 0.6 is 0 Å². The molecular formula is C17H17F2N3O. The molecule has 1 aromatic heterocycles. The Morgan fingerprint density at radius 2 is 1.83 bits per heavy atom. The van der Waals surface area contributed by atoms with E-state index in [2.05, 4.69) is 4.98 Å². The normalized spacial score (nSPS) is 11.1. The molecule has 1 heterocycles. The van der Waals surface area contributed by atoms with E-state index in [0.717, 1.165) is 24.1 Å². The van der Waals surface area contributed by atoms with E-state index >= 15 is 0 Å². The predicted octanol–water partition coefficient (Wildman–Crippen LogP) is 3.67. The van der Waals surface area contributed by atoms with E-state index in [1.807, 2.05) is 23.6 Å². The lowest BCUT2D eigenvalue weighted by molar-refractivity contribution is 0.302. The minimum Gasteiger partial charge on any atom is -0.494 e. The van der Waals surface area contributed by atoms with Gasteiger partial charge in [0.05, 0.1) is 17.6 Å². The maximum absolute atomic E-state index is 13.4. The van der Waals surface area contributed by atoms with Crippen molar-refractivity contribution in [2.24, 2.45) is 0 Å². The summed E-state index contributed by atoms with van der Waals surface area (Å²) >= 11 is 0. The van der Waals surface area contributed by atoms with Crippen LogP contribution in [-0.4, -0.2) is 16.2 Å². The Morgan fingerprint density at radius 1 is 1.13 bits per heavy atom. The molecule has 0 radical (unpaired) electrons. The first-order valence-electron chi connectivity index (χ1n) is 7.35. The number of fused-ring (bicyclic) bond motifs is 1. The van der Waals surface area contributed by atoms with Gasteiger partial charge in [0.2, 0.25) is 0 Å². The molecule has 3 rings (SSSR count). The molecule has 0 spiro atoms. The summed E-state index contributed by atoms with van der Waals surface area (Å²) in [5, 5.41) is 0. The van der Waals surface area contributed by atoms with Crippen molar-refractivity contribution >= 4 is 16.7 Å². The van der Waals surface area contributed by atoms with Gasteiger partial charge in [-0.25, -0.2) is 13.8 Å². The molecule has 0 bridgehead atoms. The van der Waals surface area contributed by atoms with Gasteiger partial charge in [-0.3, -0.25) is 0 Å². The molecule has 6 heteroatoms. The van der Waals surface area contributed by atoms with Crippen LogP contribution in [0.2, 0.25) is 0 Å². The highest BCUT2D eigenvalue weighted by molar-refractivity contribution is 5.76. The fraction of sp³-hybridized carbons (Fsp3) is 0.235. The van der Waals surface area contributed by atoms with Crippen molar-refractivity contribution in [3.8, 4) is 5.75 Å². The van der Waals surface area contributed by atoms with E-state index < -0.39 is 11.6 Å². The number of rotatable bonds is 5. The van der Waals surface area contributed by atoms with Gasteiger partial charge in [-0.05, 0) is 37.6 Å². The molecule has 0 atom stereocenters. The molecule has 2 aromatic carbocycles. The first kappa shape index (κ1) is 15.3. The van der Waals surface area contributed by atoms with Crippen LogP contribution < -0.4 is 10.5 Å². The van der Waals surface area contributed by atoms with Gasteiger partial charge in [0.1, 0.15) is 11.6 Å². The summed E-state index contributed by atoms with van der Waals surface area (Å²) in [6.07, 6.45) is 0.718. The van der Waals surface area contributed by atoms with Crippen molar-refractivity contribution in [3.05, 3.63) is 53.9 Å². The van der Waals surface area contributed by atoms with E-state index in [9.17, 15) is 8.78 Å². The molecule has 0 aliphatic heterocycles. The van der Waals surface area contributed by atoms with Gasteiger partial charge in [0.25, 0.3) is 0 Å². The molecule has 2 N–H and O–H groups in total. The standard InChI is InChI=1S/C17H17F2N3O/c1-11-21-16-9-14(18)15(19)10-17(16)22(11)7-2-8-23-13-5-3-12(20)4-6-13/h3-6,9-10H,2,7-8,20H2,1H3. The first-order chi connectivity index (χ1) is 11.0.